The average Bonchev–Trinajstić information content (AvgIpc) is 2.74. The zero-order valence-electron chi connectivity index (χ0n) is 11.3. The van der Waals surface area contributed by atoms with Gasteiger partial charge < -0.3 is 9.64 Å². The summed E-state index contributed by atoms with van der Waals surface area (Å²) in [5, 5.41) is 0. The highest BCUT2D eigenvalue weighted by Gasteiger charge is 2.43. The topological polar surface area (TPSA) is 32.8 Å². The lowest BCUT2D eigenvalue weighted by Crippen LogP contribution is -2.46. The van der Waals surface area contributed by atoms with Gasteiger partial charge in [-0.1, -0.05) is 0 Å². The number of alkyl halides is 1. The number of likely N-dealkylation sites (N-methyl/N-ethyl adjacent to an activating group) is 1. The van der Waals surface area contributed by atoms with Gasteiger partial charge in [0.1, 0.15) is 6.67 Å². The third-order valence-electron chi connectivity index (χ3n) is 4.37. The molecule has 18 heavy (non-hydrogen) atoms. The third kappa shape index (κ3) is 2.83. The maximum absolute atomic E-state index is 12.3. The summed E-state index contributed by atoms with van der Waals surface area (Å²) >= 11 is 0. The molecule has 1 spiro atoms. The fourth-order valence-electron chi connectivity index (χ4n) is 3.00. The van der Waals surface area contributed by atoms with E-state index in [9.17, 15) is 9.18 Å². The second-order valence-corrected chi connectivity index (χ2v) is 5.53. The van der Waals surface area contributed by atoms with Gasteiger partial charge in [0.25, 0.3) is 0 Å². The molecule has 2 heterocycles. The number of hydrogen-bond donors (Lipinski definition) is 0. The van der Waals surface area contributed by atoms with E-state index in [2.05, 4.69) is 0 Å². The van der Waals surface area contributed by atoms with Crippen molar-refractivity contribution in [1.29, 1.82) is 0 Å². The first-order chi connectivity index (χ1) is 8.56. The molecule has 0 aromatic rings. The summed E-state index contributed by atoms with van der Waals surface area (Å²) in [6.07, 6.45) is 2.79. The van der Waals surface area contributed by atoms with Gasteiger partial charge in [0.15, 0.2) is 0 Å². The zero-order chi connectivity index (χ0) is 13.2. The lowest BCUT2D eigenvalue weighted by molar-refractivity contribution is -0.133. The molecule has 2 saturated heterocycles. The Bertz CT molecular complexity index is 303. The molecule has 1 unspecified atom stereocenters. The Hall–Kier alpha value is -0.680. The molecule has 0 saturated carbocycles. The van der Waals surface area contributed by atoms with Gasteiger partial charge in [0, 0.05) is 32.6 Å². The minimum Gasteiger partial charge on any atom is -0.373 e. The van der Waals surface area contributed by atoms with Crippen molar-refractivity contribution in [1.82, 2.24) is 9.80 Å². The van der Waals surface area contributed by atoms with E-state index in [1.54, 1.807) is 6.92 Å². The van der Waals surface area contributed by atoms with Crippen molar-refractivity contribution >= 4 is 5.91 Å². The first kappa shape index (κ1) is 13.7. The van der Waals surface area contributed by atoms with Crippen LogP contribution in [0.2, 0.25) is 0 Å². The summed E-state index contributed by atoms with van der Waals surface area (Å²) < 4.78 is 18.3. The summed E-state index contributed by atoms with van der Waals surface area (Å²) in [6, 6.07) is 0.324. The van der Waals surface area contributed by atoms with Gasteiger partial charge in [0.05, 0.1) is 12.2 Å². The summed E-state index contributed by atoms with van der Waals surface area (Å²) in [6.45, 7) is 4.05. The van der Waals surface area contributed by atoms with Gasteiger partial charge in [0.2, 0.25) is 5.91 Å². The number of halogens is 1. The fraction of sp³-hybridized carbons (Fsp3) is 0.923. The summed E-state index contributed by atoms with van der Waals surface area (Å²) in [4.78, 5) is 15.2. The number of ether oxygens (including phenoxy) is 1. The first-order valence-corrected chi connectivity index (χ1v) is 6.72. The van der Waals surface area contributed by atoms with E-state index in [1.165, 1.54) is 0 Å². The minimum atomic E-state index is -0.307. The molecule has 1 atom stereocenters. The molecule has 0 aliphatic carbocycles. The maximum Gasteiger partial charge on any atom is 0.219 e. The van der Waals surface area contributed by atoms with E-state index >= 15 is 0 Å². The average molecular weight is 258 g/mol. The number of hydrogen-bond acceptors (Lipinski definition) is 3. The Kier molecular flexibility index (Phi) is 4.22. The standard InChI is InChI=1S/C13H23FN2O2/c1-11(17)16-6-3-13(4-7-16)9-12(10-18-13)15(2)8-5-14/h12H,3-10H2,1-2H3. The van der Waals surface area contributed by atoms with Crippen LogP contribution in [0.5, 0.6) is 0 Å². The molecule has 2 rings (SSSR count). The van der Waals surface area contributed by atoms with Crippen molar-refractivity contribution in [2.45, 2.75) is 37.8 Å². The van der Waals surface area contributed by atoms with Gasteiger partial charge in [-0.05, 0) is 26.3 Å². The molecule has 104 valence electrons. The Balaban J connectivity index is 1.87. The number of carbonyl (C=O) groups excluding carboxylic acids is 1. The van der Waals surface area contributed by atoms with E-state index in [0.29, 0.717) is 19.2 Å². The molecule has 0 radical (unpaired) electrons. The zero-order valence-corrected chi connectivity index (χ0v) is 11.3. The van der Waals surface area contributed by atoms with Crippen LogP contribution in [0.25, 0.3) is 0 Å². The number of nitrogens with zero attached hydrogens (tertiary/aromatic N) is 2. The molecule has 2 fully saturated rings. The Morgan fingerprint density at radius 2 is 2.17 bits per heavy atom. The molecule has 5 heteroatoms. The van der Waals surface area contributed by atoms with Crippen LogP contribution in [-0.2, 0) is 9.53 Å². The highest BCUT2D eigenvalue weighted by molar-refractivity contribution is 5.73. The van der Waals surface area contributed by atoms with Crippen LogP contribution in [0.4, 0.5) is 4.39 Å². The van der Waals surface area contributed by atoms with Gasteiger partial charge >= 0.3 is 0 Å². The second kappa shape index (κ2) is 5.53. The molecule has 0 bridgehead atoms. The normalized spacial score (nSPS) is 27.1. The van der Waals surface area contributed by atoms with E-state index in [4.69, 9.17) is 4.74 Å². The van der Waals surface area contributed by atoms with Gasteiger partial charge in [-0.2, -0.15) is 0 Å². The molecule has 2 aliphatic rings. The summed E-state index contributed by atoms with van der Waals surface area (Å²) in [5.41, 5.74) is -0.0683. The molecule has 4 nitrogen and oxygen atoms in total. The lowest BCUT2D eigenvalue weighted by Gasteiger charge is -2.38. The molecule has 0 aromatic heterocycles. The highest BCUT2D eigenvalue weighted by atomic mass is 19.1. The SMILES string of the molecule is CC(=O)N1CCC2(CC1)CC(N(C)CCF)CO2. The van der Waals surface area contributed by atoms with Crippen LogP contribution >= 0.6 is 0 Å². The van der Waals surface area contributed by atoms with Crippen LogP contribution in [0.15, 0.2) is 0 Å². The molecule has 0 aromatic carbocycles. The van der Waals surface area contributed by atoms with Gasteiger partial charge in [-0.3, -0.25) is 9.69 Å². The van der Waals surface area contributed by atoms with Crippen molar-refractivity contribution < 1.29 is 13.9 Å². The molecule has 1 amide bonds. The van der Waals surface area contributed by atoms with E-state index < -0.39 is 0 Å². The maximum atomic E-state index is 12.3. The van der Waals surface area contributed by atoms with Gasteiger partial charge in [-0.15, -0.1) is 0 Å². The number of rotatable bonds is 3. The number of likely N-dealkylation sites (tertiary alicyclic amines) is 1. The Morgan fingerprint density at radius 3 is 2.72 bits per heavy atom. The summed E-state index contributed by atoms with van der Waals surface area (Å²) in [5.74, 6) is 0.147. The monoisotopic (exact) mass is 258 g/mol. The highest BCUT2D eigenvalue weighted by Crippen LogP contribution is 2.37. The Morgan fingerprint density at radius 1 is 1.50 bits per heavy atom. The predicted octanol–water partition coefficient (Wildman–Crippen LogP) is 1.06. The van der Waals surface area contributed by atoms with Crippen molar-refractivity contribution in [3.8, 4) is 0 Å². The van der Waals surface area contributed by atoms with Gasteiger partial charge in [-0.25, -0.2) is 4.39 Å². The predicted molar refractivity (Wildman–Crippen MR) is 67.2 cm³/mol. The van der Waals surface area contributed by atoms with Crippen LogP contribution < -0.4 is 0 Å². The molecule has 2 aliphatic heterocycles. The van der Waals surface area contributed by atoms with Crippen molar-refractivity contribution in [3.63, 3.8) is 0 Å². The largest absolute Gasteiger partial charge is 0.373 e. The quantitative estimate of drug-likeness (QED) is 0.759. The van der Waals surface area contributed by atoms with Crippen LogP contribution in [0, 0.1) is 0 Å². The van der Waals surface area contributed by atoms with Crippen molar-refractivity contribution in [2.24, 2.45) is 0 Å². The molecule has 0 N–H and O–H groups in total. The van der Waals surface area contributed by atoms with E-state index in [0.717, 1.165) is 32.4 Å². The molecular weight excluding hydrogens is 235 g/mol. The van der Waals surface area contributed by atoms with Crippen LogP contribution in [-0.4, -0.2) is 67.3 Å². The van der Waals surface area contributed by atoms with Crippen molar-refractivity contribution in [3.05, 3.63) is 0 Å². The summed E-state index contributed by atoms with van der Waals surface area (Å²) in [7, 11) is 1.96. The first-order valence-electron chi connectivity index (χ1n) is 6.72. The number of carbonyl (C=O) groups is 1. The minimum absolute atomic E-state index is 0.0683. The second-order valence-electron chi connectivity index (χ2n) is 5.53. The van der Waals surface area contributed by atoms with Crippen molar-refractivity contribution in [2.75, 3.05) is 40.0 Å². The smallest absolute Gasteiger partial charge is 0.219 e. The van der Waals surface area contributed by atoms with Crippen LogP contribution in [0.3, 0.4) is 0 Å². The van der Waals surface area contributed by atoms with E-state index in [-0.39, 0.29) is 18.2 Å². The van der Waals surface area contributed by atoms with Crippen LogP contribution in [0.1, 0.15) is 26.2 Å². The third-order valence-corrected chi connectivity index (χ3v) is 4.37. The number of piperidine rings is 1. The Labute approximate surface area is 108 Å². The molecular formula is C13H23FN2O2. The number of amides is 1. The lowest BCUT2D eigenvalue weighted by atomic mass is 9.87. The fourth-order valence-corrected chi connectivity index (χ4v) is 3.00. The van der Waals surface area contributed by atoms with E-state index in [1.807, 2.05) is 16.8 Å².